The molecule has 1 heterocycles. The zero-order chi connectivity index (χ0) is 22.4. The maximum atomic E-state index is 12.5. The Labute approximate surface area is 182 Å². The van der Waals surface area contributed by atoms with Crippen molar-refractivity contribution in [2.24, 2.45) is 0 Å². The van der Waals surface area contributed by atoms with Crippen molar-refractivity contribution in [3.05, 3.63) is 59.7 Å². The van der Waals surface area contributed by atoms with Gasteiger partial charge in [-0.25, -0.2) is 4.79 Å². The van der Waals surface area contributed by atoms with Crippen LogP contribution in [0.25, 0.3) is 0 Å². The van der Waals surface area contributed by atoms with Crippen molar-refractivity contribution in [3.63, 3.8) is 0 Å². The lowest BCUT2D eigenvalue weighted by Crippen LogP contribution is -2.53. The summed E-state index contributed by atoms with van der Waals surface area (Å²) in [7, 11) is 2.95. The van der Waals surface area contributed by atoms with Crippen molar-refractivity contribution in [1.82, 2.24) is 10.2 Å². The standard InChI is InChI=1S/C23H28N4O4/c1-16-14-27(20-10-6-18(7-11-20)23(30)31-3)13-12-26(16)15-21(28)25-19-8-4-17(5-9-19)22(29)24-2/h4-11,16H,12-15H2,1-3H3,(H,24,29)(H,25,28). The highest BCUT2D eigenvalue weighted by Crippen LogP contribution is 2.20. The van der Waals surface area contributed by atoms with Crippen molar-refractivity contribution < 1.29 is 19.1 Å². The monoisotopic (exact) mass is 424 g/mol. The number of benzene rings is 2. The number of nitrogens with zero attached hydrogens (tertiary/aromatic N) is 2. The number of esters is 1. The smallest absolute Gasteiger partial charge is 0.337 e. The van der Waals surface area contributed by atoms with Crippen LogP contribution in [-0.4, -0.2) is 69.1 Å². The van der Waals surface area contributed by atoms with E-state index in [1.165, 1.54) is 7.11 Å². The van der Waals surface area contributed by atoms with E-state index in [0.717, 1.165) is 25.3 Å². The maximum absolute atomic E-state index is 12.5. The van der Waals surface area contributed by atoms with Crippen LogP contribution in [0.3, 0.4) is 0 Å². The molecule has 0 saturated carbocycles. The minimum atomic E-state index is -0.348. The van der Waals surface area contributed by atoms with Gasteiger partial charge in [0, 0.05) is 49.7 Å². The third kappa shape index (κ3) is 5.61. The van der Waals surface area contributed by atoms with Crippen LogP contribution in [-0.2, 0) is 9.53 Å². The Bertz CT molecular complexity index is 928. The highest BCUT2D eigenvalue weighted by Gasteiger charge is 2.25. The van der Waals surface area contributed by atoms with E-state index >= 15 is 0 Å². The average molecular weight is 425 g/mol. The Morgan fingerprint density at radius 1 is 1.00 bits per heavy atom. The zero-order valence-corrected chi connectivity index (χ0v) is 18.1. The highest BCUT2D eigenvalue weighted by atomic mass is 16.5. The average Bonchev–Trinajstić information content (AvgIpc) is 2.80. The van der Waals surface area contributed by atoms with Gasteiger partial charge in [0.25, 0.3) is 5.91 Å². The summed E-state index contributed by atoms with van der Waals surface area (Å²) < 4.78 is 4.74. The number of hydrogen-bond donors (Lipinski definition) is 2. The molecular formula is C23H28N4O4. The molecule has 2 aromatic carbocycles. The normalized spacial score (nSPS) is 16.5. The van der Waals surface area contributed by atoms with Gasteiger partial charge in [0.15, 0.2) is 0 Å². The molecule has 1 saturated heterocycles. The van der Waals surface area contributed by atoms with Crippen LogP contribution >= 0.6 is 0 Å². The number of nitrogens with one attached hydrogen (secondary N) is 2. The molecule has 1 fully saturated rings. The van der Waals surface area contributed by atoms with Crippen molar-refractivity contribution in [1.29, 1.82) is 0 Å². The van der Waals surface area contributed by atoms with Gasteiger partial charge in [-0.2, -0.15) is 0 Å². The van der Waals surface area contributed by atoms with Crippen LogP contribution in [0.5, 0.6) is 0 Å². The molecule has 8 nitrogen and oxygen atoms in total. The van der Waals surface area contributed by atoms with Crippen LogP contribution in [0.2, 0.25) is 0 Å². The van der Waals surface area contributed by atoms with Gasteiger partial charge < -0.3 is 20.3 Å². The number of hydrogen-bond acceptors (Lipinski definition) is 6. The summed E-state index contributed by atoms with van der Waals surface area (Å²) in [4.78, 5) is 40.1. The molecule has 1 atom stereocenters. The maximum Gasteiger partial charge on any atom is 0.337 e. The highest BCUT2D eigenvalue weighted by molar-refractivity contribution is 5.96. The molecule has 0 spiro atoms. The second kappa shape index (κ2) is 10.1. The molecule has 31 heavy (non-hydrogen) atoms. The van der Waals surface area contributed by atoms with E-state index in [9.17, 15) is 14.4 Å². The summed E-state index contributed by atoms with van der Waals surface area (Å²) >= 11 is 0. The van der Waals surface area contributed by atoms with Crippen LogP contribution in [0.4, 0.5) is 11.4 Å². The van der Waals surface area contributed by atoms with E-state index in [-0.39, 0.29) is 23.8 Å². The minimum Gasteiger partial charge on any atom is -0.465 e. The second-order valence-corrected chi connectivity index (χ2v) is 7.51. The lowest BCUT2D eigenvalue weighted by Gasteiger charge is -2.40. The Kier molecular flexibility index (Phi) is 7.25. The Hall–Kier alpha value is -3.39. The number of methoxy groups -OCH3 is 1. The Morgan fingerprint density at radius 3 is 2.23 bits per heavy atom. The lowest BCUT2D eigenvalue weighted by atomic mass is 10.1. The molecule has 2 aromatic rings. The Morgan fingerprint density at radius 2 is 1.65 bits per heavy atom. The number of amides is 2. The van der Waals surface area contributed by atoms with Gasteiger partial charge in [0.1, 0.15) is 0 Å². The molecular weight excluding hydrogens is 396 g/mol. The third-order valence-electron chi connectivity index (χ3n) is 5.42. The molecule has 1 aliphatic heterocycles. The van der Waals surface area contributed by atoms with Gasteiger partial charge in [0.05, 0.1) is 19.2 Å². The van der Waals surface area contributed by atoms with Crippen LogP contribution in [0, 0.1) is 0 Å². The minimum absolute atomic E-state index is 0.0876. The van der Waals surface area contributed by atoms with E-state index < -0.39 is 0 Å². The molecule has 0 radical (unpaired) electrons. The largest absolute Gasteiger partial charge is 0.465 e. The molecule has 0 aliphatic carbocycles. The Balaban J connectivity index is 1.52. The quantitative estimate of drug-likeness (QED) is 0.689. The zero-order valence-electron chi connectivity index (χ0n) is 18.1. The molecule has 0 aromatic heterocycles. The first-order valence-corrected chi connectivity index (χ1v) is 10.2. The number of rotatable bonds is 6. The van der Waals surface area contributed by atoms with Crippen molar-refractivity contribution in [3.8, 4) is 0 Å². The van der Waals surface area contributed by atoms with Gasteiger partial charge in [0.2, 0.25) is 5.91 Å². The fourth-order valence-electron chi connectivity index (χ4n) is 3.63. The summed E-state index contributed by atoms with van der Waals surface area (Å²) in [5.41, 5.74) is 2.78. The molecule has 1 aliphatic rings. The summed E-state index contributed by atoms with van der Waals surface area (Å²) in [6, 6.07) is 14.4. The molecule has 2 amide bonds. The summed E-state index contributed by atoms with van der Waals surface area (Å²) in [6.07, 6.45) is 0. The number of anilines is 2. The first-order valence-electron chi connectivity index (χ1n) is 10.2. The predicted octanol–water partition coefficient (Wildman–Crippen LogP) is 1.98. The van der Waals surface area contributed by atoms with Crippen LogP contribution in [0.15, 0.2) is 48.5 Å². The molecule has 3 rings (SSSR count). The predicted molar refractivity (Wildman–Crippen MR) is 119 cm³/mol. The van der Waals surface area contributed by atoms with Crippen molar-refractivity contribution in [2.45, 2.75) is 13.0 Å². The topological polar surface area (TPSA) is 91.0 Å². The van der Waals surface area contributed by atoms with E-state index in [4.69, 9.17) is 4.74 Å². The second-order valence-electron chi connectivity index (χ2n) is 7.51. The number of piperazine rings is 1. The fraction of sp³-hybridized carbons (Fsp3) is 0.348. The fourth-order valence-corrected chi connectivity index (χ4v) is 3.63. The summed E-state index contributed by atoms with van der Waals surface area (Å²) in [5.74, 6) is -0.598. The van der Waals surface area contributed by atoms with Gasteiger partial charge in [-0.05, 0) is 55.5 Å². The van der Waals surface area contributed by atoms with E-state index in [1.807, 2.05) is 12.1 Å². The molecule has 1 unspecified atom stereocenters. The molecule has 164 valence electrons. The summed E-state index contributed by atoms with van der Waals surface area (Å²) in [6.45, 7) is 4.72. The SMILES string of the molecule is CNC(=O)c1ccc(NC(=O)CN2CCN(c3ccc(C(=O)OC)cc3)CC2C)cc1. The summed E-state index contributed by atoms with van der Waals surface area (Å²) in [5, 5.41) is 5.46. The van der Waals surface area contributed by atoms with Crippen LogP contribution in [0.1, 0.15) is 27.6 Å². The van der Waals surface area contributed by atoms with Gasteiger partial charge in [-0.15, -0.1) is 0 Å². The van der Waals surface area contributed by atoms with E-state index in [2.05, 4.69) is 27.4 Å². The molecule has 2 N–H and O–H groups in total. The van der Waals surface area contributed by atoms with E-state index in [0.29, 0.717) is 23.4 Å². The molecule has 0 bridgehead atoms. The number of carbonyl (C=O) groups is 3. The third-order valence-corrected chi connectivity index (χ3v) is 5.42. The van der Waals surface area contributed by atoms with Crippen molar-refractivity contribution >= 4 is 29.2 Å². The van der Waals surface area contributed by atoms with E-state index in [1.54, 1.807) is 43.4 Å². The first kappa shape index (κ1) is 22.3. The number of carbonyl (C=O) groups excluding carboxylic acids is 3. The van der Waals surface area contributed by atoms with Gasteiger partial charge in [-0.1, -0.05) is 0 Å². The first-order chi connectivity index (χ1) is 14.9. The number of ether oxygens (including phenoxy) is 1. The van der Waals surface area contributed by atoms with Gasteiger partial charge in [-0.3, -0.25) is 14.5 Å². The lowest BCUT2D eigenvalue weighted by molar-refractivity contribution is -0.117. The van der Waals surface area contributed by atoms with Crippen molar-refractivity contribution in [2.75, 3.05) is 50.6 Å². The van der Waals surface area contributed by atoms with Crippen LogP contribution < -0.4 is 15.5 Å². The molecule has 8 heteroatoms. The van der Waals surface area contributed by atoms with Gasteiger partial charge >= 0.3 is 5.97 Å².